The maximum atomic E-state index is 13.4. The van der Waals surface area contributed by atoms with Crippen molar-refractivity contribution < 1.29 is 9.18 Å². The number of fused-ring (bicyclic) bond motifs is 1. The number of carbonyl (C=O) groups is 1. The van der Waals surface area contributed by atoms with Crippen molar-refractivity contribution in [1.29, 1.82) is 0 Å². The first-order valence-corrected chi connectivity index (χ1v) is 10.9. The van der Waals surface area contributed by atoms with Gasteiger partial charge >= 0.3 is 0 Å². The van der Waals surface area contributed by atoms with Gasteiger partial charge in [0.25, 0.3) is 5.56 Å². The first-order valence-electron chi connectivity index (χ1n) is 8.62. The lowest BCUT2D eigenvalue weighted by atomic mass is 10.1. The molecule has 0 radical (unpaired) electrons. The molecule has 2 aromatic carbocycles. The van der Waals surface area contributed by atoms with Gasteiger partial charge in [-0.25, -0.2) is 9.37 Å². The zero-order valence-electron chi connectivity index (χ0n) is 15.2. The number of aromatic amines is 1. The summed E-state index contributed by atoms with van der Waals surface area (Å²) in [5.41, 5.74) is 2.27. The Labute approximate surface area is 178 Å². The Morgan fingerprint density at radius 1 is 1.24 bits per heavy atom. The molecule has 0 aliphatic heterocycles. The number of Topliss-reactive ketones (excluding diaryl/α,β-unsaturated/α-hetero) is 1. The predicted molar refractivity (Wildman–Crippen MR) is 117 cm³/mol. The van der Waals surface area contributed by atoms with Crippen molar-refractivity contribution in [2.75, 3.05) is 5.75 Å². The Kier molecular flexibility index (Phi) is 5.54. The van der Waals surface area contributed by atoms with E-state index >= 15 is 0 Å². The van der Waals surface area contributed by atoms with E-state index in [9.17, 15) is 14.0 Å². The summed E-state index contributed by atoms with van der Waals surface area (Å²) in [6, 6.07) is 11.5. The molecule has 29 heavy (non-hydrogen) atoms. The molecule has 1 N–H and O–H groups in total. The molecule has 2 aromatic heterocycles. The van der Waals surface area contributed by atoms with Crippen molar-refractivity contribution in [3.63, 3.8) is 0 Å². The number of hydrogen-bond acceptors (Lipinski definition) is 5. The van der Waals surface area contributed by atoms with Crippen LogP contribution in [0.2, 0.25) is 5.02 Å². The van der Waals surface area contributed by atoms with Crippen LogP contribution in [0.4, 0.5) is 4.39 Å². The topological polar surface area (TPSA) is 62.8 Å². The van der Waals surface area contributed by atoms with E-state index in [1.165, 1.54) is 29.5 Å². The second-order valence-corrected chi connectivity index (χ2v) is 8.64. The minimum atomic E-state index is -0.347. The van der Waals surface area contributed by atoms with Gasteiger partial charge in [-0.1, -0.05) is 35.5 Å². The second kappa shape index (κ2) is 8.10. The second-order valence-electron chi connectivity index (χ2n) is 6.38. The normalized spacial score (nSPS) is 11.1. The average molecular weight is 445 g/mol. The number of halogens is 2. The van der Waals surface area contributed by atoms with E-state index in [0.717, 1.165) is 22.9 Å². The molecule has 0 fully saturated rings. The molecule has 0 spiro atoms. The fourth-order valence-corrected chi connectivity index (χ4v) is 4.76. The highest BCUT2D eigenvalue weighted by atomic mass is 35.5. The van der Waals surface area contributed by atoms with E-state index in [4.69, 9.17) is 11.6 Å². The van der Waals surface area contributed by atoms with Gasteiger partial charge in [-0.2, -0.15) is 0 Å². The molecule has 4 aromatic rings. The lowest BCUT2D eigenvalue weighted by Crippen LogP contribution is -2.10. The van der Waals surface area contributed by atoms with Crippen molar-refractivity contribution in [1.82, 2.24) is 9.97 Å². The molecule has 0 saturated carbocycles. The highest BCUT2D eigenvalue weighted by molar-refractivity contribution is 7.99. The van der Waals surface area contributed by atoms with Crippen molar-refractivity contribution in [3.8, 4) is 11.1 Å². The Balaban J connectivity index is 1.58. The van der Waals surface area contributed by atoms with Gasteiger partial charge in [-0.05, 0) is 48.4 Å². The molecule has 0 bridgehead atoms. The number of benzene rings is 2. The lowest BCUT2D eigenvalue weighted by molar-refractivity contribution is 0.102. The van der Waals surface area contributed by atoms with Gasteiger partial charge < -0.3 is 4.98 Å². The van der Waals surface area contributed by atoms with Crippen molar-refractivity contribution in [2.45, 2.75) is 12.1 Å². The summed E-state index contributed by atoms with van der Waals surface area (Å²) < 4.78 is 13.4. The van der Waals surface area contributed by atoms with Crippen LogP contribution in [0.3, 0.4) is 0 Å². The molecule has 4 nitrogen and oxygen atoms in total. The molecule has 0 saturated heterocycles. The smallest absolute Gasteiger partial charge is 0.260 e. The van der Waals surface area contributed by atoms with Gasteiger partial charge in [0.1, 0.15) is 10.6 Å². The number of ketones is 1. The maximum absolute atomic E-state index is 13.4. The highest BCUT2D eigenvalue weighted by Gasteiger charge is 2.15. The zero-order chi connectivity index (χ0) is 20.5. The third-order valence-electron chi connectivity index (χ3n) is 4.40. The van der Waals surface area contributed by atoms with E-state index in [-0.39, 0.29) is 22.9 Å². The first-order chi connectivity index (χ1) is 13.9. The summed E-state index contributed by atoms with van der Waals surface area (Å²) in [5.74, 6) is -0.414. The van der Waals surface area contributed by atoms with Crippen LogP contribution in [0.1, 0.15) is 15.9 Å². The number of thioether (sulfide) groups is 1. The Morgan fingerprint density at radius 3 is 2.72 bits per heavy atom. The Morgan fingerprint density at radius 2 is 2.00 bits per heavy atom. The molecule has 2 heterocycles. The fraction of sp³-hybridized carbons (Fsp3) is 0.0952. The van der Waals surface area contributed by atoms with Gasteiger partial charge in [-0.15, -0.1) is 11.3 Å². The van der Waals surface area contributed by atoms with Crippen LogP contribution in [0.15, 0.2) is 57.8 Å². The minimum absolute atomic E-state index is 0.0922. The molecule has 146 valence electrons. The third-order valence-corrected chi connectivity index (χ3v) is 6.39. The van der Waals surface area contributed by atoms with Gasteiger partial charge in [0.15, 0.2) is 10.9 Å². The van der Waals surface area contributed by atoms with E-state index in [0.29, 0.717) is 31.5 Å². The van der Waals surface area contributed by atoms with E-state index in [1.807, 2.05) is 17.5 Å². The van der Waals surface area contributed by atoms with Crippen LogP contribution >= 0.6 is 34.7 Å². The van der Waals surface area contributed by atoms with Gasteiger partial charge in [0.05, 0.1) is 11.1 Å². The zero-order valence-corrected chi connectivity index (χ0v) is 17.6. The lowest BCUT2D eigenvalue weighted by Gasteiger charge is -2.04. The Bertz CT molecular complexity index is 1280. The molecule has 8 heteroatoms. The largest absolute Gasteiger partial charge is 0.301 e. The summed E-state index contributed by atoms with van der Waals surface area (Å²) >= 11 is 8.46. The van der Waals surface area contributed by atoms with Crippen molar-refractivity contribution >= 4 is 50.7 Å². The number of H-pyrrole nitrogens is 1. The third kappa shape index (κ3) is 4.12. The summed E-state index contributed by atoms with van der Waals surface area (Å²) in [6.07, 6.45) is 0. The molecule has 0 unspecified atom stereocenters. The van der Waals surface area contributed by atoms with Gasteiger partial charge in [-0.3, -0.25) is 9.59 Å². The van der Waals surface area contributed by atoms with Gasteiger partial charge in [0, 0.05) is 21.5 Å². The number of carbonyl (C=O) groups excluding carboxylic acids is 1. The van der Waals surface area contributed by atoms with Crippen LogP contribution in [0.5, 0.6) is 0 Å². The van der Waals surface area contributed by atoms with Crippen LogP contribution in [-0.4, -0.2) is 21.5 Å². The summed E-state index contributed by atoms with van der Waals surface area (Å²) in [6.45, 7) is 1.61. The van der Waals surface area contributed by atoms with Crippen LogP contribution in [0, 0.1) is 12.7 Å². The van der Waals surface area contributed by atoms with E-state index < -0.39 is 0 Å². The molecule has 0 aliphatic carbocycles. The molecule has 4 rings (SSSR count). The molecule has 0 amide bonds. The minimum Gasteiger partial charge on any atom is -0.301 e. The number of rotatable bonds is 5. The molecule has 0 aliphatic rings. The molecule has 0 atom stereocenters. The molecular weight excluding hydrogens is 431 g/mol. The predicted octanol–water partition coefficient (Wildman–Crippen LogP) is 5.73. The number of aromatic nitrogens is 2. The highest BCUT2D eigenvalue weighted by Crippen LogP contribution is 2.32. The quantitative estimate of drug-likeness (QED) is 0.242. The summed E-state index contributed by atoms with van der Waals surface area (Å²) in [4.78, 5) is 32.9. The number of nitrogens with zero attached hydrogens (tertiary/aromatic N) is 1. The number of hydrogen-bond donors (Lipinski definition) is 1. The molecular formula is C21H14ClFN2O2S2. The fourth-order valence-electron chi connectivity index (χ4n) is 2.87. The summed E-state index contributed by atoms with van der Waals surface area (Å²) in [5, 5.41) is 3.40. The first kappa shape index (κ1) is 19.8. The van der Waals surface area contributed by atoms with Crippen molar-refractivity contribution in [3.05, 3.63) is 80.2 Å². The maximum Gasteiger partial charge on any atom is 0.260 e. The number of aryl methyl sites for hydroxylation is 1. The standard InChI is InChI=1S/C21H14ClFN2O2S2/c1-11-8-13(4-7-16(11)23)17(26)10-29-21-24-19(27)18-15(9-28-20(18)25-21)12-2-5-14(22)6-3-12/h2-9H,10H2,1H3,(H,24,25,27). The van der Waals surface area contributed by atoms with Crippen molar-refractivity contribution in [2.24, 2.45) is 0 Å². The van der Waals surface area contributed by atoms with Crippen LogP contribution in [0.25, 0.3) is 21.3 Å². The number of nitrogens with one attached hydrogen (secondary N) is 1. The monoisotopic (exact) mass is 444 g/mol. The SMILES string of the molecule is Cc1cc(C(=O)CSc2nc3scc(-c4ccc(Cl)cc4)c3c(=O)[nH]2)ccc1F. The van der Waals surface area contributed by atoms with Gasteiger partial charge in [0.2, 0.25) is 0 Å². The van der Waals surface area contributed by atoms with Crippen LogP contribution < -0.4 is 5.56 Å². The summed E-state index contributed by atoms with van der Waals surface area (Å²) in [7, 11) is 0. The Hall–Kier alpha value is -2.48. The van der Waals surface area contributed by atoms with E-state index in [1.54, 1.807) is 19.1 Å². The van der Waals surface area contributed by atoms with E-state index in [2.05, 4.69) is 9.97 Å². The number of thiophene rings is 1. The van der Waals surface area contributed by atoms with Crippen LogP contribution in [-0.2, 0) is 0 Å². The average Bonchev–Trinajstić information content (AvgIpc) is 3.13.